The van der Waals surface area contributed by atoms with Crippen LogP contribution in [0.15, 0.2) is 48.5 Å². The molecular weight excluding hydrogens is 250 g/mol. The van der Waals surface area contributed by atoms with Crippen LogP contribution in [-0.2, 0) is 4.79 Å². The van der Waals surface area contributed by atoms with Crippen molar-refractivity contribution in [2.75, 3.05) is 11.9 Å². The molecule has 2 aromatic carbocycles. The number of hydrogen-bond donors (Lipinski definition) is 2. The minimum Gasteiger partial charge on any atom is -0.481 e. The molecule has 0 aliphatic carbocycles. The van der Waals surface area contributed by atoms with Crippen molar-refractivity contribution in [2.45, 2.75) is 19.8 Å². The van der Waals surface area contributed by atoms with E-state index in [1.54, 1.807) is 0 Å². The first-order valence-corrected chi connectivity index (χ1v) is 6.67. The second-order valence-corrected chi connectivity index (χ2v) is 4.98. The van der Waals surface area contributed by atoms with E-state index in [0.29, 0.717) is 6.54 Å². The Hall–Kier alpha value is -2.29. The normalized spacial score (nSPS) is 11.9. The molecule has 0 bridgehead atoms. The van der Waals surface area contributed by atoms with Crippen molar-refractivity contribution in [2.24, 2.45) is 0 Å². The fraction of sp³-hybridized carbons (Fsp3) is 0.235. The van der Waals surface area contributed by atoms with E-state index in [1.165, 1.54) is 11.1 Å². The summed E-state index contributed by atoms with van der Waals surface area (Å²) in [6.07, 6.45) is 0. The highest BCUT2D eigenvalue weighted by atomic mass is 16.4. The molecular formula is C17H19NO2. The third-order valence-electron chi connectivity index (χ3n) is 3.52. The smallest absolute Gasteiger partial charge is 0.312 e. The molecule has 0 fully saturated rings. The van der Waals surface area contributed by atoms with E-state index < -0.39 is 11.9 Å². The van der Waals surface area contributed by atoms with E-state index in [0.717, 1.165) is 11.3 Å². The predicted molar refractivity (Wildman–Crippen MR) is 81.2 cm³/mol. The summed E-state index contributed by atoms with van der Waals surface area (Å²) in [5, 5.41) is 12.6. The minimum absolute atomic E-state index is 0.377. The zero-order chi connectivity index (χ0) is 14.5. The van der Waals surface area contributed by atoms with Gasteiger partial charge < -0.3 is 10.4 Å². The van der Waals surface area contributed by atoms with Gasteiger partial charge in [-0.25, -0.2) is 0 Å². The number of rotatable bonds is 5. The summed E-state index contributed by atoms with van der Waals surface area (Å²) < 4.78 is 0. The van der Waals surface area contributed by atoms with Crippen molar-refractivity contribution < 1.29 is 9.90 Å². The summed E-state index contributed by atoms with van der Waals surface area (Å²) in [6.45, 7) is 4.48. The van der Waals surface area contributed by atoms with Crippen molar-refractivity contribution in [3.8, 4) is 0 Å². The minimum atomic E-state index is -0.812. The van der Waals surface area contributed by atoms with E-state index in [9.17, 15) is 9.90 Å². The summed E-state index contributed by atoms with van der Waals surface area (Å²) in [6, 6.07) is 15.4. The molecule has 2 rings (SSSR count). The van der Waals surface area contributed by atoms with Crippen LogP contribution in [-0.4, -0.2) is 17.6 Å². The Morgan fingerprint density at radius 2 is 1.80 bits per heavy atom. The summed E-state index contributed by atoms with van der Waals surface area (Å²) >= 11 is 0. The van der Waals surface area contributed by atoms with Crippen molar-refractivity contribution in [1.82, 2.24) is 0 Å². The van der Waals surface area contributed by atoms with Crippen LogP contribution in [0.25, 0.3) is 0 Å². The van der Waals surface area contributed by atoms with Crippen molar-refractivity contribution in [3.05, 3.63) is 65.2 Å². The number of carboxylic acid groups (broad SMARTS) is 1. The second-order valence-electron chi connectivity index (χ2n) is 4.98. The topological polar surface area (TPSA) is 49.3 Å². The summed E-state index contributed by atoms with van der Waals surface area (Å²) in [7, 11) is 0. The molecule has 1 atom stereocenters. The van der Waals surface area contributed by atoms with Crippen LogP contribution in [0.1, 0.15) is 22.6 Å². The second kappa shape index (κ2) is 6.24. The number of hydrogen-bond acceptors (Lipinski definition) is 2. The number of benzene rings is 2. The van der Waals surface area contributed by atoms with Gasteiger partial charge in [-0.3, -0.25) is 4.79 Å². The van der Waals surface area contributed by atoms with Gasteiger partial charge in [0.1, 0.15) is 0 Å². The lowest BCUT2D eigenvalue weighted by atomic mass is 9.99. The van der Waals surface area contributed by atoms with E-state index in [2.05, 4.69) is 12.2 Å². The van der Waals surface area contributed by atoms with E-state index >= 15 is 0 Å². The molecule has 2 aromatic rings. The fourth-order valence-corrected chi connectivity index (χ4v) is 2.10. The average molecular weight is 269 g/mol. The molecule has 0 radical (unpaired) electrons. The molecule has 1 unspecified atom stereocenters. The molecule has 3 heteroatoms. The lowest BCUT2D eigenvalue weighted by Crippen LogP contribution is -2.20. The Labute approximate surface area is 119 Å². The van der Waals surface area contributed by atoms with Gasteiger partial charge in [-0.1, -0.05) is 36.4 Å². The molecule has 0 aliphatic heterocycles. The summed E-state index contributed by atoms with van der Waals surface area (Å²) in [5.41, 5.74) is 4.20. The van der Waals surface area contributed by atoms with Crippen LogP contribution in [0.2, 0.25) is 0 Å². The van der Waals surface area contributed by atoms with E-state index in [4.69, 9.17) is 0 Å². The van der Waals surface area contributed by atoms with Gasteiger partial charge in [0.15, 0.2) is 0 Å². The monoisotopic (exact) mass is 269 g/mol. The van der Waals surface area contributed by atoms with Gasteiger partial charge in [0, 0.05) is 12.2 Å². The van der Waals surface area contributed by atoms with Gasteiger partial charge in [-0.15, -0.1) is 0 Å². The van der Waals surface area contributed by atoms with Crippen LogP contribution < -0.4 is 5.32 Å². The first-order chi connectivity index (χ1) is 9.58. The van der Waals surface area contributed by atoms with E-state index in [1.807, 2.05) is 55.5 Å². The largest absolute Gasteiger partial charge is 0.481 e. The standard InChI is InChI=1S/C17H19NO2/c1-12-8-9-15(10-13(12)2)18-11-16(17(19)20)14-6-4-3-5-7-14/h3-10,16,18H,11H2,1-2H3,(H,19,20). The number of carbonyl (C=O) groups is 1. The van der Waals surface area contributed by atoms with Crippen LogP contribution in [0, 0.1) is 13.8 Å². The number of carboxylic acids is 1. The average Bonchev–Trinajstić information content (AvgIpc) is 2.44. The number of anilines is 1. The lowest BCUT2D eigenvalue weighted by Gasteiger charge is -2.15. The van der Waals surface area contributed by atoms with Crippen molar-refractivity contribution >= 4 is 11.7 Å². The van der Waals surface area contributed by atoms with Gasteiger partial charge in [0.05, 0.1) is 5.92 Å². The maximum absolute atomic E-state index is 11.4. The quantitative estimate of drug-likeness (QED) is 0.872. The molecule has 0 spiro atoms. The number of aryl methyl sites for hydroxylation is 2. The fourth-order valence-electron chi connectivity index (χ4n) is 2.10. The molecule has 0 saturated heterocycles. The third-order valence-corrected chi connectivity index (χ3v) is 3.52. The highest BCUT2D eigenvalue weighted by molar-refractivity contribution is 5.77. The van der Waals surface area contributed by atoms with Crippen LogP contribution in [0.5, 0.6) is 0 Å². The molecule has 104 valence electrons. The Bertz CT molecular complexity index is 593. The summed E-state index contributed by atoms with van der Waals surface area (Å²) in [5.74, 6) is -1.36. The number of aliphatic carboxylic acids is 1. The molecule has 0 aromatic heterocycles. The zero-order valence-electron chi connectivity index (χ0n) is 11.8. The van der Waals surface area contributed by atoms with Gasteiger partial charge in [0.25, 0.3) is 0 Å². The Morgan fingerprint density at radius 1 is 1.10 bits per heavy atom. The Morgan fingerprint density at radius 3 is 2.40 bits per heavy atom. The molecule has 0 saturated carbocycles. The molecule has 0 amide bonds. The zero-order valence-corrected chi connectivity index (χ0v) is 11.8. The SMILES string of the molecule is Cc1ccc(NCC(C(=O)O)c2ccccc2)cc1C. The molecule has 20 heavy (non-hydrogen) atoms. The maximum Gasteiger partial charge on any atom is 0.312 e. The maximum atomic E-state index is 11.4. The van der Waals surface area contributed by atoms with Gasteiger partial charge in [-0.05, 0) is 42.7 Å². The molecule has 3 nitrogen and oxygen atoms in total. The van der Waals surface area contributed by atoms with Crippen LogP contribution in [0.3, 0.4) is 0 Å². The molecule has 0 heterocycles. The highest BCUT2D eigenvalue weighted by Gasteiger charge is 2.19. The predicted octanol–water partition coefficient (Wildman–Crippen LogP) is 3.58. The first kappa shape index (κ1) is 14.1. The molecule has 0 aliphatic rings. The van der Waals surface area contributed by atoms with E-state index in [-0.39, 0.29) is 0 Å². The van der Waals surface area contributed by atoms with Crippen LogP contribution in [0.4, 0.5) is 5.69 Å². The summed E-state index contributed by atoms with van der Waals surface area (Å²) in [4.78, 5) is 11.4. The van der Waals surface area contributed by atoms with Gasteiger partial charge in [0.2, 0.25) is 0 Å². The lowest BCUT2D eigenvalue weighted by molar-refractivity contribution is -0.138. The van der Waals surface area contributed by atoms with Crippen molar-refractivity contribution in [1.29, 1.82) is 0 Å². The Kier molecular flexibility index (Phi) is 4.41. The molecule has 2 N–H and O–H groups in total. The van der Waals surface area contributed by atoms with Crippen molar-refractivity contribution in [3.63, 3.8) is 0 Å². The number of nitrogens with one attached hydrogen (secondary N) is 1. The Balaban J connectivity index is 2.10. The van der Waals surface area contributed by atoms with Crippen LogP contribution >= 0.6 is 0 Å². The van der Waals surface area contributed by atoms with Gasteiger partial charge in [-0.2, -0.15) is 0 Å². The third kappa shape index (κ3) is 3.38. The first-order valence-electron chi connectivity index (χ1n) is 6.67. The highest BCUT2D eigenvalue weighted by Crippen LogP contribution is 2.19. The van der Waals surface area contributed by atoms with Gasteiger partial charge >= 0.3 is 5.97 Å².